The first kappa shape index (κ1) is 29.1. The molecular formula is C34H56O3. The molecule has 210 valence electrons. The molecule has 0 heterocycles. The van der Waals surface area contributed by atoms with Crippen LogP contribution in [0.5, 0.6) is 0 Å². The average Bonchev–Trinajstić information content (AvgIpc) is 3.26. The van der Waals surface area contributed by atoms with Crippen LogP contribution < -0.4 is 0 Å². The summed E-state index contributed by atoms with van der Waals surface area (Å²) < 4.78 is 19.7. The SMILES string of the molecule is C=CCOC1CCC2(C)C(C1)CC(OCC=C)C1C2CC(OCC=C)C2(C)C(C(C)CCCC)CCC12. The van der Waals surface area contributed by atoms with Gasteiger partial charge in [0.1, 0.15) is 0 Å². The van der Waals surface area contributed by atoms with E-state index >= 15 is 0 Å². The van der Waals surface area contributed by atoms with Crippen LogP contribution in [0.2, 0.25) is 0 Å². The molecule has 0 N–H and O–H groups in total. The normalized spacial score (nSPS) is 43.8. The highest BCUT2D eigenvalue weighted by Gasteiger charge is 2.66. The van der Waals surface area contributed by atoms with Crippen molar-refractivity contribution < 1.29 is 14.2 Å². The van der Waals surface area contributed by atoms with E-state index in [0.717, 1.165) is 18.3 Å². The quantitative estimate of drug-likeness (QED) is 0.232. The second-order valence-electron chi connectivity index (χ2n) is 13.4. The molecule has 3 nitrogen and oxygen atoms in total. The van der Waals surface area contributed by atoms with Gasteiger partial charge in [0.05, 0.1) is 38.1 Å². The van der Waals surface area contributed by atoms with Gasteiger partial charge in [-0.25, -0.2) is 0 Å². The lowest BCUT2D eigenvalue weighted by atomic mass is 9.43. The minimum absolute atomic E-state index is 0.209. The topological polar surface area (TPSA) is 27.7 Å². The Hall–Kier alpha value is -0.900. The molecule has 11 atom stereocenters. The maximum atomic E-state index is 6.79. The molecule has 0 radical (unpaired) electrons. The minimum atomic E-state index is 0.209. The number of fused-ring (bicyclic) bond motifs is 5. The molecule has 0 bridgehead atoms. The van der Waals surface area contributed by atoms with Crippen LogP contribution in [-0.4, -0.2) is 38.1 Å². The molecule has 0 saturated heterocycles. The molecule has 0 aliphatic heterocycles. The molecule has 0 spiro atoms. The van der Waals surface area contributed by atoms with Crippen molar-refractivity contribution in [3.63, 3.8) is 0 Å². The highest BCUT2D eigenvalue weighted by Crippen LogP contribution is 2.69. The zero-order valence-electron chi connectivity index (χ0n) is 24.5. The zero-order valence-corrected chi connectivity index (χ0v) is 24.5. The van der Waals surface area contributed by atoms with Crippen molar-refractivity contribution in [3.8, 4) is 0 Å². The van der Waals surface area contributed by atoms with Gasteiger partial charge in [-0.05, 0) is 85.9 Å². The van der Waals surface area contributed by atoms with E-state index in [1.165, 1.54) is 57.8 Å². The van der Waals surface area contributed by atoms with E-state index in [1.54, 1.807) is 0 Å². The van der Waals surface area contributed by atoms with Crippen molar-refractivity contribution in [2.24, 2.45) is 46.3 Å². The summed E-state index contributed by atoms with van der Waals surface area (Å²) in [6, 6.07) is 0. The van der Waals surface area contributed by atoms with E-state index in [-0.39, 0.29) is 5.41 Å². The van der Waals surface area contributed by atoms with Crippen LogP contribution in [0.4, 0.5) is 0 Å². The van der Waals surface area contributed by atoms with Gasteiger partial charge in [-0.15, -0.1) is 19.7 Å². The maximum Gasteiger partial charge on any atom is 0.0648 e. The van der Waals surface area contributed by atoms with E-state index in [4.69, 9.17) is 14.2 Å². The molecule has 3 heteroatoms. The van der Waals surface area contributed by atoms with Gasteiger partial charge in [-0.2, -0.15) is 0 Å². The van der Waals surface area contributed by atoms with E-state index < -0.39 is 0 Å². The summed E-state index contributed by atoms with van der Waals surface area (Å²) in [6.07, 6.45) is 19.3. The van der Waals surface area contributed by atoms with Gasteiger partial charge in [-0.3, -0.25) is 0 Å². The van der Waals surface area contributed by atoms with Gasteiger partial charge in [0, 0.05) is 5.41 Å². The van der Waals surface area contributed by atoms with Gasteiger partial charge in [0.25, 0.3) is 0 Å². The van der Waals surface area contributed by atoms with Crippen molar-refractivity contribution in [3.05, 3.63) is 38.0 Å². The zero-order chi connectivity index (χ0) is 26.6. The summed E-state index contributed by atoms with van der Waals surface area (Å²) >= 11 is 0. The molecule has 37 heavy (non-hydrogen) atoms. The average molecular weight is 513 g/mol. The van der Waals surface area contributed by atoms with Gasteiger partial charge in [0.2, 0.25) is 0 Å². The highest BCUT2D eigenvalue weighted by molar-refractivity contribution is 5.15. The third-order valence-corrected chi connectivity index (χ3v) is 11.7. The molecule has 0 aromatic heterocycles. The van der Waals surface area contributed by atoms with Gasteiger partial charge in [0.15, 0.2) is 0 Å². The number of ether oxygens (including phenoxy) is 3. The Bertz CT molecular complexity index is 777. The summed E-state index contributed by atoms with van der Waals surface area (Å²) in [5.74, 6) is 4.03. The molecule has 4 rings (SSSR count). The van der Waals surface area contributed by atoms with Crippen molar-refractivity contribution in [2.45, 2.75) is 110 Å². The first-order valence-corrected chi connectivity index (χ1v) is 15.5. The van der Waals surface area contributed by atoms with Crippen molar-refractivity contribution >= 4 is 0 Å². The Morgan fingerprint density at radius 3 is 2.27 bits per heavy atom. The summed E-state index contributed by atoms with van der Waals surface area (Å²) in [5.41, 5.74) is 0.538. The maximum absolute atomic E-state index is 6.79. The Balaban J connectivity index is 1.68. The largest absolute Gasteiger partial charge is 0.374 e. The molecule has 4 fully saturated rings. The fourth-order valence-electron chi connectivity index (χ4n) is 9.94. The van der Waals surface area contributed by atoms with Crippen LogP contribution in [0.1, 0.15) is 91.9 Å². The Morgan fingerprint density at radius 2 is 1.57 bits per heavy atom. The number of hydrogen-bond donors (Lipinski definition) is 0. The van der Waals surface area contributed by atoms with Crippen LogP contribution in [0, 0.1) is 46.3 Å². The van der Waals surface area contributed by atoms with Gasteiger partial charge >= 0.3 is 0 Å². The third-order valence-electron chi connectivity index (χ3n) is 11.7. The van der Waals surface area contributed by atoms with Crippen LogP contribution >= 0.6 is 0 Å². The van der Waals surface area contributed by atoms with Gasteiger partial charge in [-0.1, -0.05) is 65.2 Å². The summed E-state index contributed by atoms with van der Waals surface area (Å²) in [7, 11) is 0. The van der Waals surface area contributed by atoms with Crippen LogP contribution in [0.15, 0.2) is 38.0 Å². The summed E-state index contributed by atoms with van der Waals surface area (Å²) in [5, 5.41) is 0. The molecule has 0 aromatic rings. The fraction of sp³-hybridized carbons (Fsp3) is 0.824. The second kappa shape index (κ2) is 12.5. The van der Waals surface area contributed by atoms with Crippen molar-refractivity contribution in [1.82, 2.24) is 0 Å². The van der Waals surface area contributed by atoms with E-state index in [0.29, 0.717) is 67.2 Å². The Kier molecular flexibility index (Phi) is 9.84. The smallest absolute Gasteiger partial charge is 0.0648 e. The molecular weight excluding hydrogens is 456 g/mol. The second-order valence-corrected chi connectivity index (χ2v) is 13.4. The monoisotopic (exact) mass is 512 g/mol. The Morgan fingerprint density at radius 1 is 0.865 bits per heavy atom. The minimum Gasteiger partial charge on any atom is -0.374 e. The predicted octanol–water partition coefficient (Wildman–Crippen LogP) is 8.41. The van der Waals surface area contributed by atoms with Crippen LogP contribution in [0.25, 0.3) is 0 Å². The molecule has 11 unspecified atom stereocenters. The lowest BCUT2D eigenvalue weighted by molar-refractivity contribution is -0.223. The Labute approximate surface area is 228 Å². The molecule has 4 aliphatic carbocycles. The van der Waals surface area contributed by atoms with E-state index in [2.05, 4.69) is 47.4 Å². The summed E-state index contributed by atoms with van der Waals surface area (Å²) in [4.78, 5) is 0. The number of hydrogen-bond acceptors (Lipinski definition) is 3. The lowest BCUT2D eigenvalue weighted by Crippen LogP contribution is -2.63. The van der Waals surface area contributed by atoms with Crippen LogP contribution in [0.3, 0.4) is 0 Å². The standard InChI is InChI=1S/C34H56O3/c1-8-12-13-24(5)27-14-15-28-32-29(23-31(34(27,28)7)37-20-11-4)33(6)17-16-26(35-18-9-2)21-25(33)22-30(32)36-19-10-3/h9-11,24-32H,2-4,8,12-23H2,1,5-7H3. The molecule has 4 aliphatic rings. The highest BCUT2D eigenvalue weighted by atomic mass is 16.5. The van der Waals surface area contributed by atoms with Crippen molar-refractivity contribution in [1.29, 1.82) is 0 Å². The van der Waals surface area contributed by atoms with E-state index in [1.807, 2.05) is 18.2 Å². The summed E-state index contributed by atoms with van der Waals surface area (Å²) in [6.45, 7) is 23.9. The van der Waals surface area contributed by atoms with Gasteiger partial charge < -0.3 is 14.2 Å². The number of rotatable bonds is 13. The van der Waals surface area contributed by atoms with E-state index in [9.17, 15) is 0 Å². The molecule has 4 saturated carbocycles. The lowest BCUT2D eigenvalue weighted by Gasteiger charge is -2.64. The third kappa shape index (κ3) is 5.44. The number of unbranched alkanes of at least 4 members (excludes halogenated alkanes) is 1. The van der Waals surface area contributed by atoms with Crippen molar-refractivity contribution in [2.75, 3.05) is 19.8 Å². The van der Waals surface area contributed by atoms with Crippen LogP contribution in [-0.2, 0) is 14.2 Å². The molecule has 0 amide bonds. The fourth-order valence-corrected chi connectivity index (χ4v) is 9.94. The molecule has 0 aromatic carbocycles. The first-order chi connectivity index (χ1) is 17.8. The predicted molar refractivity (Wildman–Crippen MR) is 154 cm³/mol. The first-order valence-electron chi connectivity index (χ1n) is 15.5.